The molecule has 0 bridgehead atoms. The van der Waals surface area contributed by atoms with E-state index in [-0.39, 0.29) is 17.7 Å². The molecule has 0 radical (unpaired) electrons. The fourth-order valence-corrected chi connectivity index (χ4v) is 4.16. The van der Waals surface area contributed by atoms with Crippen molar-refractivity contribution in [1.82, 2.24) is 24.5 Å². The van der Waals surface area contributed by atoms with Gasteiger partial charge in [0.25, 0.3) is 5.91 Å². The van der Waals surface area contributed by atoms with Gasteiger partial charge in [-0.2, -0.15) is 5.10 Å². The van der Waals surface area contributed by atoms with E-state index in [1.54, 1.807) is 16.9 Å². The van der Waals surface area contributed by atoms with Crippen molar-refractivity contribution in [3.8, 4) is 5.69 Å². The van der Waals surface area contributed by atoms with E-state index in [1.807, 2.05) is 30.0 Å². The maximum Gasteiger partial charge on any atom is 0.257 e. The largest absolute Gasteiger partial charge is 0.336 e. The lowest BCUT2D eigenvalue weighted by Crippen LogP contribution is -2.50. The average molecular weight is 430 g/mol. The molecule has 2 fully saturated rings. The van der Waals surface area contributed by atoms with Gasteiger partial charge in [0.1, 0.15) is 0 Å². The average Bonchev–Trinajstić information content (AvgIpc) is 3.28. The van der Waals surface area contributed by atoms with Crippen LogP contribution in [0.25, 0.3) is 5.69 Å². The second-order valence-corrected chi connectivity index (χ2v) is 7.99. The molecular formula is C21H24ClN5O3. The van der Waals surface area contributed by atoms with Crippen LogP contribution in [0.2, 0.25) is 5.02 Å². The third kappa shape index (κ3) is 3.97. The Balaban J connectivity index is 1.35. The molecule has 2 saturated heterocycles. The van der Waals surface area contributed by atoms with Crippen LogP contribution >= 0.6 is 11.6 Å². The first-order valence-electron chi connectivity index (χ1n) is 10.1. The second kappa shape index (κ2) is 8.57. The highest BCUT2D eigenvalue weighted by Crippen LogP contribution is 2.23. The number of imide groups is 1. The van der Waals surface area contributed by atoms with Crippen LogP contribution < -0.4 is 0 Å². The van der Waals surface area contributed by atoms with Gasteiger partial charge in [0.2, 0.25) is 11.8 Å². The molecule has 9 heteroatoms. The summed E-state index contributed by atoms with van der Waals surface area (Å²) in [7, 11) is 0. The van der Waals surface area contributed by atoms with Crippen molar-refractivity contribution >= 4 is 29.3 Å². The molecule has 2 aromatic rings. The Hall–Kier alpha value is -2.71. The number of likely N-dealkylation sites (tertiary alicyclic amines) is 1. The Morgan fingerprint density at radius 3 is 2.37 bits per heavy atom. The van der Waals surface area contributed by atoms with Crippen molar-refractivity contribution in [2.45, 2.75) is 19.8 Å². The highest BCUT2D eigenvalue weighted by Gasteiger charge is 2.30. The van der Waals surface area contributed by atoms with Crippen LogP contribution in [0.1, 0.15) is 28.9 Å². The van der Waals surface area contributed by atoms with Gasteiger partial charge in [0.05, 0.1) is 28.2 Å². The molecule has 2 aliphatic rings. The number of rotatable bonds is 5. The van der Waals surface area contributed by atoms with Gasteiger partial charge in [-0.15, -0.1) is 0 Å². The molecule has 8 nitrogen and oxygen atoms in total. The topological polar surface area (TPSA) is 78.8 Å². The van der Waals surface area contributed by atoms with Crippen LogP contribution in [0.5, 0.6) is 0 Å². The summed E-state index contributed by atoms with van der Waals surface area (Å²) in [4.78, 5) is 41.9. The summed E-state index contributed by atoms with van der Waals surface area (Å²) < 4.78 is 1.69. The molecule has 0 aliphatic carbocycles. The predicted octanol–water partition coefficient (Wildman–Crippen LogP) is 1.74. The molecular weight excluding hydrogens is 406 g/mol. The molecule has 0 saturated carbocycles. The van der Waals surface area contributed by atoms with Gasteiger partial charge in [0.15, 0.2) is 0 Å². The van der Waals surface area contributed by atoms with E-state index < -0.39 is 0 Å². The summed E-state index contributed by atoms with van der Waals surface area (Å²) in [5.74, 6) is -0.213. The van der Waals surface area contributed by atoms with Crippen molar-refractivity contribution in [3.63, 3.8) is 0 Å². The van der Waals surface area contributed by atoms with Gasteiger partial charge in [-0.05, 0) is 19.1 Å². The maximum absolute atomic E-state index is 13.0. The zero-order valence-electron chi connectivity index (χ0n) is 16.9. The van der Waals surface area contributed by atoms with Gasteiger partial charge in [-0.1, -0.05) is 23.7 Å². The van der Waals surface area contributed by atoms with Crippen LogP contribution in [0.3, 0.4) is 0 Å². The number of nitrogens with zero attached hydrogens (tertiary/aromatic N) is 5. The Morgan fingerprint density at radius 1 is 1.03 bits per heavy atom. The Bertz CT molecular complexity index is 965. The minimum atomic E-state index is -0.0835. The molecule has 0 N–H and O–H groups in total. The van der Waals surface area contributed by atoms with Gasteiger partial charge in [-0.25, -0.2) is 4.68 Å². The number of benzene rings is 1. The first-order valence-corrected chi connectivity index (χ1v) is 10.5. The third-order valence-corrected chi connectivity index (χ3v) is 6.09. The number of halogens is 1. The zero-order valence-corrected chi connectivity index (χ0v) is 17.6. The number of aromatic nitrogens is 2. The standard InChI is InChI=1S/C21H24ClN5O3/c1-15-16(14-23-27(15)18-5-3-2-4-17(18)22)21(30)25-11-8-24(9-12-25)10-13-26-19(28)6-7-20(26)29/h2-5,14H,6-13H2,1H3. The molecule has 158 valence electrons. The highest BCUT2D eigenvalue weighted by molar-refractivity contribution is 6.32. The van der Waals surface area contributed by atoms with Crippen molar-refractivity contribution in [2.75, 3.05) is 39.3 Å². The molecule has 1 aromatic heterocycles. The lowest BCUT2D eigenvalue weighted by atomic mass is 10.2. The first-order chi connectivity index (χ1) is 14.5. The number of para-hydroxylation sites is 1. The van der Waals surface area contributed by atoms with E-state index >= 15 is 0 Å². The van der Waals surface area contributed by atoms with Crippen LogP contribution in [0, 0.1) is 6.92 Å². The lowest BCUT2D eigenvalue weighted by molar-refractivity contribution is -0.138. The smallest absolute Gasteiger partial charge is 0.257 e. The first kappa shape index (κ1) is 20.6. The highest BCUT2D eigenvalue weighted by atomic mass is 35.5. The Kier molecular flexibility index (Phi) is 5.87. The zero-order chi connectivity index (χ0) is 21.3. The number of piperazine rings is 1. The second-order valence-electron chi connectivity index (χ2n) is 7.58. The third-order valence-electron chi connectivity index (χ3n) is 5.78. The summed E-state index contributed by atoms with van der Waals surface area (Å²) in [5.41, 5.74) is 2.06. The minimum absolute atomic E-state index is 0.0460. The van der Waals surface area contributed by atoms with E-state index in [4.69, 9.17) is 11.6 Å². The minimum Gasteiger partial charge on any atom is -0.336 e. The molecule has 0 unspecified atom stereocenters. The van der Waals surface area contributed by atoms with Gasteiger partial charge in [-0.3, -0.25) is 24.2 Å². The number of hydrogen-bond acceptors (Lipinski definition) is 5. The Morgan fingerprint density at radius 2 is 1.70 bits per heavy atom. The summed E-state index contributed by atoms with van der Waals surface area (Å²) in [6.07, 6.45) is 2.24. The molecule has 0 atom stereocenters. The van der Waals surface area contributed by atoms with Crippen LogP contribution in [-0.4, -0.2) is 81.5 Å². The summed E-state index contributed by atoms with van der Waals surface area (Å²) in [5, 5.41) is 4.95. The molecule has 3 heterocycles. The fourth-order valence-electron chi connectivity index (χ4n) is 3.94. The fraction of sp³-hybridized carbons (Fsp3) is 0.429. The molecule has 30 heavy (non-hydrogen) atoms. The predicted molar refractivity (Wildman–Crippen MR) is 112 cm³/mol. The monoisotopic (exact) mass is 429 g/mol. The molecule has 1 aromatic carbocycles. The quantitative estimate of drug-likeness (QED) is 0.676. The molecule has 2 aliphatic heterocycles. The number of hydrogen-bond donors (Lipinski definition) is 0. The van der Waals surface area contributed by atoms with Gasteiger partial charge >= 0.3 is 0 Å². The van der Waals surface area contributed by atoms with E-state index in [2.05, 4.69) is 10.00 Å². The van der Waals surface area contributed by atoms with Crippen molar-refractivity contribution < 1.29 is 14.4 Å². The normalized spacial score (nSPS) is 17.8. The van der Waals surface area contributed by atoms with Crippen LogP contribution in [0.15, 0.2) is 30.5 Å². The van der Waals surface area contributed by atoms with Gasteiger partial charge in [0, 0.05) is 52.1 Å². The van der Waals surface area contributed by atoms with Crippen LogP contribution in [-0.2, 0) is 9.59 Å². The number of amides is 3. The van der Waals surface area contributed by atoms with Crippen LogP contribution in [0.4, 0.5) is 0 Å². The maximum atomic E-state index is 13.0. The van der Waals surface area contributed by atoms with E-state index in [9.17, 15) is 14.4 Å². The lowest BCUT2D eigenvalue weighted by Gasteiger charge is -2.35. The Labute approximate surface area is 180 Å². The molecule has 0 spiro atoms. The number of carbonyl (C=O) groups is 3. The van der Waals surface area contributed by atoms with Crippen molar-refractivity contribution in [1.29, 1.82) is 0 Å². The summed E-state index contributed by atoms with van der Waals surface area (Å²) in [6, 6.07) is 7.39. The van der Waals surface area contributed by atoms with E-state index in [1.165, 1.54) is 4.90 Å². The number of carbonyl (C=O) groups excluding carboxylic acids is 3. The van der Waals surface area contributed by atoms with E-state index in [0.717, 1.165) is 11.4 Å². The summed E-state index contributed by atoms with van der Waals surface area (Å²) >= 11 is 6.27. The van der Waals surface area contributed by atoms with Crippen molar-refractivity contribution in [2.24, 2.45) is 0 Å². The van der Waals surface area contributed by atoms with Gasteiger partial charge < -0.3 is 4.90 Å². The summed E-state index contributed by atoms with van der Waals surface area (Å²) in [6.45, 7) is 5.54. The molecule has 3 amide bonds. The van der Waals surface area contributed by atoms with E-state index in [0.29, 0.717) is 62.7 Å². The van der Waals surface area contributed by atoms with Crippen molar-refractivity contribution in [3.05, 3.63) is 46.7 Å². The SMILES string of the molecule is Cc1c(C(=O)N2CCN(CCN3C(=O)CCC3=O)CC2)cnn1-c1ccccc1Cl. The molecule has 4 rings (SSSR count).